The molecule has 10 heteroatoms. The predicted octanol–water partition coefficient (Wildman–Crippen LogP) is 0.970. The number of esters is 1. The van der Waals surface area contributed by atoms with Crippen LogP contribution in [-0.2, 0) is 36.8 Å². The maximum absolute atomic E-state index is 13.7. The molecule has 0 radical (unpaired) electrons. The number of aryl methyl sites for hydroxylation is 1. The van der Waals surface area contributed by atoms with Crippen LogP contribution in [0, 0.1) is 5.82 Å². The molecule has 0 aliphatic heterocycles. The second-order valence-electron chi connectivity index (χ2n) is 5.61. The maximum Gasteiger partial charge on any atom is 0.332 e. The number of fused-ring (bicyclic) bond motifs is 1. The SMILES string of the molecule is Cn1c(=O)c2c(ncn2CC(=O)OCc2c(F)cccc2Cl)n(C)c1=O. The van der Waals surface area contributed by atoms with Gasteiger partial charge in [0.25, 0.3) is 5.56 Å². The van der Waals surface area contributed by atoms with E-state index in [1.165, 1.54) is 47.8 Å². The summed E-state index contributed by atoms with van der Waals surface area (Å²) in [5.74, 6) is -1.29. The van der Waals surface area contributed by atoms with Gasteiger partial charge in [-0.15, -0.1) is 0 Å². The van der Waals surface area contributed by atoms with Crippen LogP contribution in [0.5, 0.6) is 0 Å². The molecule has 0 saturated carbocycles. The smallest absolute Gasteiger partial charge is 0.332 e. The number of hydrogen-bond acceptors (Lipinski definition) is 5. The highest BCUT2D eigenvalue weighted by Crippen LogP contribution is 2.19. The molecule has 0 N–H and O–H groups in total. The predicted molar refractivity (Wildman–Crippen MR) is 91.4 cm³/mol. The van der Waals surface area contributed by atoms with Crippen molar-refractivity contribution in [2.24, 2.45) is 14.1 Å². The van der Waals surface area contributed by atoms with E-state index in [9.17, 15) is 18.8 Å². The van der Waals surface area contributed by atoms with E-state index in [-0.39, 0.29) is 34.9 Å². The van der Waals surface area contributed by atoms with Crippen molar-refractivity contribution in [3.63, 3.8) is 0 Å². The van der Waals surface area contributed by atoms with Crippen LogP contribution in [0.3, 0.4) is 0 Å². The zero-order chi connectivity index (χ0) is 19.0. The minimum absolute atomic E-state index is 0.0660. The van der Waals surface area contributed by atoms with E-state index in [2.05, 4.69) is 4.98 Å². The van der Waals surface area contributed by atoms with Crippen molar-refractivity contribution in [1.82, 2.24) is 18.7 Å². The van der Waals surface area contributed by atoms with Gasteiger partial charge in [0.05, 0.1) is 11.3 Å². The molecule has 2 aromatic heterocycles. The fraction of sp³-hybridized carbons (Fsp3) is 0.250. The minimum atomic E-state index is -0.709. The van der Waals surface area contributed by atoms with Gasteiger partial charge in [-0.3, -0.25) is 18.7 Å². The monoisotopic (exact) mass is 380 g/mol. The second kappa shape index (κ2) is 6.75. The van der Waals surface area contributed by atoms with Gasteiger partial charge in [0.15, 0.2) is 11.2 Å². The van der Waals surface area contributed by atoms with Crippen LogP contribution in [0.15, 0.2) is 34.1 Å². The zero-order valence-electron chi connectivity index (χ0n) is 13.9. The molecule has 0 fully saturated rings. The summed E-state index contributed by atoms with van der Waals surface area (Å²) in [4.78, 5) is 40.3. The summed E-state index contributed by atoms with van der Waals surface area (Å²) < 4.78 is 22.2. The first-order valence-electron chi connectivity index (χ1n) is 7.50. The molecule has 0 saturated heterocycles. The van der Waals surface area contributed by atoms with Crippen molar-refractivity contribution in [2.45, 2.75) is 13.2 Å². The third-order valence-corrected chi connectivity index (χ3v) is 4.31. The van der Waals surface area contributed by atoms with Crippen molar-refractivity contribution >= 4 is 28.7 Å². The van der Waals surface area contributed by atoms with Gasteiger partial charge in [-0.05, 0) is 12.1 Å². The first-order chi connectivity index (χ1) is 12.3. The Labute approximate surface area is 151 Å². The Morgan fingerprint density at radius 2 is 2.00 bits per heavy atom. The minimum Gasteiger partial charge on any atom is -0.459 e. The third-order valence-electron chi connectivity index (χ3n) is 3.96. The Balaban J connectivity index is 1.85. The number of imidazole rings is 1. The topological polar surface area (TPSA) is 88.1 Å². The summed E-state index contributed by atoms with van der Waals surface area (Å²) in [6, 6.07) is 4.14. The highest BCUT2D eigenvalue weighted by Gasteiger charge is 2.17. The quantitative estimate of drug-likeness (QED) is 0.629. The Bertz CT molecular complexity index is 1110. The molecule has 0 atom stereocenters. The molecule has 0 bridgehead atoms. The van der Waals surface area contributed by atoms with E-state index >= 15 is 0 Å². The van der Waals surface area contributed by atoms with E-state index in [1.807, 2.05) is 0 Å². The second-order valence-corrected chi connectivity index (χ2v) is 6.02. The number of benzene rings is 1. The van der Waals surface area contributed by atoms with Crippen LogP contribution < -0.4 is 11.2 Å². The van der Waals surface area contributed by atoms with E-state index in [0.29, 0.717) is 0 Å². The lowest BCUT2D eigenvalue weighted by molar-refractivity contribution is -0.145. The molecule has 0 spiro atoms. The van der Waals surface area contributed by atoms with Gasteiger partial charge in [0.1, 0.15) is 19.0 Å². The maximum atomic E-state index is 13.7. The number of carbonyl (C=O) groups excluding carboxylic acids is 1. The lowest BCUT2D eigenvalue weighted by Gasteiger charge is -2.09. The number of halogens is 2. The Morgan fingerprint density at radius 1 is 1.27 bits per heavy atom. The van der Waals surface area contributed by atoms with Gasteiger partial charge < -0.3 is 9.30 Å². The summed E-state index contributed by atoms with van der Waals surface area (Å²) in [5.41, 5.74) is -0.787. The largest absolute Gasteiger partial charge is 0.459 e. The Hall–Kier alpha value is -2.94. The number of nitrogens with zero attached hydrogens (tertiary/aromatic N) is 4. The van der Waals surface area contributed by atoms with Crippen LogP contribution in [0.25, 0.3) is 11.2 Å². The van der Waals surface area contributed by atoms with E-state index in [4.69, 9.17) is 16.3 Å². The van der Waals surface area contributed by atoms with Gasteiger partial charge in [0, 0.05) is 19.7 Å². The molecule has 1 aromatic carbocycles. The molecular weight excluding hydrogens is 367 g/mol. The van der Waals surface area contributed by atoms with Crippen molar-refractivity contribution in [2.75, 3.05) is 0 Å². The molecule has 3 rings (SSSR count). The van der Waals surface area contributed by atoms with Crippen molar-refractivity contribution < 1.29 is 13.9 Å². The van der Waals surface area contributed by atoms with Crippen molar-refractivity contribution in [1.29, 1.82) is 0 Å². The Morgan fingerprint density at radius 3 is 2.69 bits per heavy atom. The summed E-state index contributed by atoms with van der Waals surface area (Å²) in [5, 5.41) is 0.148. The van der Waals surface area contributed by atoms with Crippen LogP contribution in [0.1, 0.15) is 5.56 Å². The number of aromatic nitrogens is 4. The van der Waals surface area contributed by atoms with Gasteiger partial charge in [-0.1, -0.05) is 17.7 Å². The van der Waals surface area contributed by atoms with Crippen molar-refractivity contribution in [3.05, 3.63) is 61.8 Å². The summed E-state index contributed by atoms with van der Waals surface area (Å²) in [7, 11) is 2.81. The fourth-order valence-corrected chi connectivity index (χ4v) is 2.74. The van der Waals surface area contributed by atoms with E-state index in [1.54, 1.807) is 0 Å². The highest BCUT2D eigenvalue weighted by molar-refractivity contribution is 6.31. The zero-order valence-corrected chi connectivity index (χ0v) is 14.7. The standard InChI is InChI=1S/C16H14ClFN4O4/c1-20-14-13(15(24)21(2)16(20)25)22(8-19-14)6-12(23)26-7-9-10(17)4-3-5-11(9)18/h3-5,8H,6-7H2,1-2H3. The van der Waals surface area contributed by atoms with Gasteiger partial charge in [-0.2, -0.15) is 0 Å². The molecule has 0 aliphatic rings. The molecule has 2 heterocycles. The average Bonchev–Trinajstić information content (AvgIpc) is 3.01. The first-order valence-corrected chi connectivity index (χ1v) is 7.88. The van der Waals surface area contributed by atoms with Crippen LogP contribution in [0.4, 0.5) is 4.39 Å². The molecule has 0 aliphatic carbocycles. The number of rotatable bonds is 4. The molecule has 3 aromatic rings. The van der Waals surface area contributed by atoms with Crippen LogP contribution in [0.2, 0.25) is 5.02 Å². The highest BCUT2D eigenvalue weighted by atomic mass is 35.5. The third kappa shape index (κ3) is 3.01. The lowest BCUT2D eigenvalue weighted by atomic mass is 10.2. The van der Waals surface area contributed by atoms with Gasteiger partial charge in [-0.25, -0.2) is 14.2 Å². The van der Waals surface area contributed by atoms with E-state index in [0.717, 1.165) is 4.57 Å². The number of hydrogen-bond donors (Lipinski definition) is 0. The molecule has 26 heavy (non-hydrogen) atoms. The molecule has 8 nitrogen and oxygen atoms in total. The van der Waals surface area contributed by atoms with Crippen LogP contribution >= 0.6 is 11.6 Å². The summed E-state index contributed by atoms with van der Waals surface area (Å²) in [6.45, 7) is -0.663. The molecule has 0 amide bonds. The van der Waals surface area contributed by atoms with Crippen LogP contribution in [-0.4, -0.2) is 24.7 Å². The normalized spacial score (nSPS) is 11.1. The van der Waals surface area contributed by atoms with Gasteiger partial charge >= 0.3 is 11.7 Å². The summed E-state index contributed by atoms with van der Waals surface area (Å²) in [6.07, 6.45) is 1.27. The van der Waals surface area contributed by atoms with E-state index < -0.39 is 23.0 Å². The fourth-order valence-electron chi connectivity index (χ4n) is 2.52. The number of ether oxygens (including phenoxy) is 1. The Kier molecular flexibility index (Phi) is 4.64. The lowest BCUT2D eigenvalue weighted by Crippen LogP contribution is -2.37. The molecule has 0 unspecified atom stereocenters. The van der Waals surface area contributed by atoms with Crippen molar-refractivity contribution in [3.8, 4) is 0 Å². The molecule has 136 valence electrons. The number of carbonyl (C=O) groups is 1. The molecular formula is C16H14ClFN4O4. The summed E-state index contributed by atoms with van der Waals surface area (Å²) >= 11 is 5.88. The first kappa shape index (κ1) is 17.9. The average molecular weight is 381 g/mol. The van der Waals surface area contributed by atoms with Gasteiger partial charge in [0.2, 0.25) is 0 Å².